The first-order chi connectivity index (χ1) is 11.7. The highest BCUT2D eigenvalue weighted by molar-refractivity contribution is 5.79. The second-order valence-corrected chi connectivity index (χ2v) is 9.77. The topological polar surface area (TPSA) is 17.1 Å². The zero-order valence-corrected chi connectivity index (χ0v) is 15.4. The molecule has 0 aliphatic heterocycles. The zero-order chi connectivity index (χ0) is 18.0. The summed E-state index contributed by atoms with van der Waals surface area (Å²) in [5.41, 5.74) is 0.156. The Hall–Kier alpha value is -0.540. The SMILES string of the molecule is CC(=O)[C@H]1CC[C@H]2[C@@H]3CC[C@@H]4CC(C(F)(F)F)CC[C@@H]4[C@H]3CC[C@]12C. The lowest BCUT2D eigenvalue weighted by Crippen LogP contribution is -2.49. The third kappa shape index (κ3) is 2.77. The third-order valence-corrected chi connectivity index (χ3v) is 8.91. The van der Waals surface area contributed by atoms with Crippen molar-refractivity contribution in [1.29, 1.82) is 0 Å². The first-order valence-electron chi connectivity index (χ1n) is 10.3. The van der Waals surface area contributed by atoms with E-state index in [-0.39, 0.29) is 17.3 Å². The molecule has 142 valence electrons. The van der Waals surface area contributed by atoms with Gasteiger partial charge in [-0.2, -0.15) is 13.2 Å². The fourth-order valence-electron chi connectivity index (χ4n) is 7.82. The van der Waals surface area contributed by atoms with Crippen molar-refractivity contribution in [2.45, 2.75) is 77.8 Å². The summed E-state index contributed by atoms with van der Waals surface area (Å²) in [6.07, 6.45) is 3.99. The second kappa shape index (κ2) is 5.99. The summed E-state index contributed by atoms with van der Waals surface area (Å²) in [6.45, 7) is 4.08. The Bertz CT molecular complexity index is 542. The summed E-state index contributed by atoms with van der Waals surface area (Å²) < 4.78 is 39.4. The van der Waals surface area contributed by atoms with Crippen molar-refractivity contribution >= 4 is 5.78 Å². The molecule has 0 aromatic carbocycles. The number of ketones is 1. The molecule has 1 nitrogen and oxygen atoms in total. The summed E-state index contributed by atoms with van der Waals surface area (Å²) in [4.78, 5) is 12.1. The molecular formula is C21H31F3O. The fraction of sp³-hybridized carbons (Fsp3) is 0.952. The first-order valence-corrected chi connectivity index (χ1v) is 10.3. The van der Waals surface area contributed by atoms with Crippen LogP contribution in [-0.2, 0) is 4.79 Å². The van der Waals surface area contributed by atoms with Gasteiger partial charge < -0.3 is 0 Å². The van der Waals surface area contributed by atoms with E-state index in [1.165, 1.54) is 0 Å². The summed E-state index contributed by atoms with van der Waals surface area (Å²) in [6, 6.07) is 0. The van der Waals surface area contributed by atoms with Crippen LogP contribution in [0.4, 0.5) is 13.2 Å². The van der Waals surface area contributed by atoms with Crippen LogP contribution in [0.3, 0.4) is 0 Å². The van der Waals surface area contributed by atoms with Crippen molar-refractivity contribution in [1.82, 2.24) is 0 Å². The molecular weight excluding hydrogens is 325 g/mol. The zero-order valence-electron chi connectivity index (χ0n) is 15.4. The second-order valence-electron chi connectivity index (χ2n) is 9.77. The average molecular weight is 356 g/mol. The average Bonchev–Trinajstić information content (AvgIpc) is 2.90. The monoisotopic (exact) mass is 356 g/mol. The number of fused-ring (bicyclic) bond motifs is 5. The maximum Gasteiger partial charge on any atom is 0.391 e. The molecule has 4 rings (SSSR count). The molecule has 4 saturated carbocycles. The molecule has 0 saturated heterocycles. The molecule has 1 unspecified atom stereocenters. The van der Waals surface area contributed by atoms with Crippen LogP contribution in [0.25, 0.3) is 0 Å². The molecule has 4 fully saturated rings. The molecule has 4 aliphatic carbocycles. The molecule has 0 N–H and O–H groups in total. The molecule has 0 aromatic rings. The molecule has 0 bridgehead atoms. The minimum absolute atomic E-state index is 0.156. The van der Waals surface area contributed by atoms with E-state index in [0.717, 1.165) is 44.9 Å². The van der Waals surface area contributed by atoms with Gasteiger partial charge in [-0.05, 0) is 99.7 Å². The number of Topliss-reactive ketones (excluding diaryl/α,β-unsaturated/α-hetero) is 1. The van der Waals surface area contributed by atoms with Crippen LogP contribution in [-0.4, -0.2) is 12.0 Å². The highest BCUT2D eigenvalue weighted by Crippen LogP contribution is 2.64. The van der Waals surface area contributed by atoms with E-state index >= 15 is 0 Å². The van der Waals surface area contributed by atoms with Crippen LogP contribution < -0.4 is 0 Å². The lowest BCUT2D eigenvalue weighted by Gasteiger charge is -2.56. The minimum atomic E-state index is -4.01. The van der Waals surface area contributed by atoms with Crippen LogP contribution in [0.15, 0.2) is 0 Å². The Morgan fingerprint density at radius 1 is 0.920 bits per heavy atom. The third-order valence-electron chi connectivity index (χ3n) is 8.91. The van der Waals surface area contributed by atoms with Gasteiger partial charge in [0.15, 0.2) is 0 Å². The Morgan fingerprint density at radius 2 is 1.64 bits per heavy atom. The van der Waals surface area contributed by atoms with Crippen molar-refractivity contribution in [3.8, 4) is 0 Å². The quantitative estimate of drug-likeness (QED) is 0.561. The lowest BCUT2D eigenvalue weighted by molar-refractivity contribution is -0.196. The Labute approximate surface area is 149 Å². The van der Waals surface area contributed by atoms with Crippen LogP contribution in [0.5, 0.6) is 0 Å². The van der Waals surface area contributed by atoms with Crippen molar-refractivity contribution in [2.75, 3.05) is 0 Å². The Balaban J connectivity index is 1.51. The maximum absolute atomic E-state index is 13.1. The molecule has 0 spiro atoms. The molecule has 0 heterocycles. The molecule has 25 heavy (non-hydrogen) atoms. The van der Waals surface area contributed by atoms with Crippen molar-refractivity contribution in [3.63, 3.8) is 0 Å². The van der Waals surface area contributed by atoms with E-state index in [1.54, 1.807) is 6.92 Å². The van der Waals surface area contributed by atoms with Crippen molar-refractivity contribution in [3.05, 3.63) is 0 Å². The molecule has 0 aromatic heterocycles. The highest BCUT2D eigenvalue weighted by Gasteiger charge is 2.58. The van der Waals surface area contributed by atoms with E-state index in [0.29, 0.717) is 42.3 Å². The van der Waals surface area contributed by atoms with Crippen LogP contribution >= 0.6 is 0 Å². The van der Waals surface area contributed by atoms with Gasteiger partial charge in [0.2, 0.25) is 0 Å². The predicted octanol–water partition coefficient (Wildman–Crippen LogP) is 6.02. The number of carbonyl (C=O) groups is 1. The minimum Gasteiger partial charge on any atom is -0.300 e. The van der Waals surface area contributed by atoms with Gasteiger partial charge in [-0.25, -0.2) is 0 Å². The van der Waals surface area contributed by atoms with Crippen molar-refractivity contribution in [2.24, 2.45) is 46.8 Å². The highest BCUT2D eigenvalue weighted by atomic mass is 19.4. The number of rotatable bonds is 1. The van der Waals surface area contributed by atoms with Crippen LogP contribution in [0, 0.1) is 46.8 Å². The van der Waals surface area contributed by atoms with Gasteiger partial charge in [-0.15, -0.1) is 0 Å². The van der Waals surface area contributed by atoms with Crippen molar-refractivity contribution < 1.29 is 18.0 Å². The Morgan fingerprint density at radius 3 is 2.32 bits per heavy atom. The lowest BCUT2D eigenvalue weighted by atomic mass is 9.49. The predicted molar refractivity (Wildman–Crippen MR) is 90.8 cm³/mol. The number of hydrogen-bond acceptors (Lipinski definition) is 1. The molecule has 0 radical (unpaired) electrons. The van der Waals surface area contributed by atoms with Gasteiger partial charge in [0.1, 0.15) is 5.78 Å². The number of hydrogen-bond donors (Lipinski definition) is 0. The summed E-state index contributed by atoms with van der Waals surface area (Å²) in [5.74, 6) is 2.21. The summed E-state index contributed by atoms with van der Waals surface area (Å²) in [7, 11) is 0. The normalized spacial score (nSPS) is 49.9. The van der Waals surface area contributed by atoms with Gasteiger partial charge in [-0.1, -0.05) is 6.92 Å². The number of alkyl halides is 3. The van der Waals surface area contributed by atoms with E-state index in [4.69, 9.17) is 0 Å². The summed E-state index contributed by atoms with van der Waals surface area (Å²) in [5, 5.41) is 0. The van der Waals surface area contributed by atoms with Gasteiger partial charge in [0, 0.05) is 5.92 Å². The van der Waals surface area contributed by atoms with E-state index in [9.17, 15) is 18.0 Å². The molecule has 4 aliphatic rings. The van der Waals surface area contributed by atoms with E-state index in [1.807, 2.05) is 0 Å². The molecule has 4 heteroatoms. The molecule has 0 amide bonds. The standard InChI is InChI=1S/C21H31F3O/c1-12(25)18-7-8-19-17-5-3-13-11-14(21(22,23)24)4-6-15(13)16(17)9-10-20(18,19)2/h13-19H,3-11H2,1-2H3/t13-,14?,15+,16-,17-,18-,19+,20-/m1/s1. The molecule has 8 atom stereocenters. The van der Waals surface area contributed by atoms with Crippen LogP contribution in [0.1, 0.15) is 71.6 Å². The van der Waals surface area contributed by atoms with Gasteiger partial charge in [-0.3, -0.25) is 4.79 Å². The fourth-order valence-corrected chi connectivity index (χ4v) is 7.82. The van der Waals surface area contributed by atoms with E-state index in [2.05, 4.69) is 6.92 Å². The Kier molecular flexibility index (Phi) is 4.28. The number of carbonyl (C=O) groups excluding carboxylic acids is 1. The van der Waals surface area contributed by atoms with Gasteiger partial charge in [0.25, 0.3) is 0 Å². The summed E-state index contributed by atoms with van der Waals surface area (Å²) >= 11 is 0. The van der Waals surface area contributed by atoms with E-state index < -0.39 is 12.1 Å². The van der Waals surface area contributed by atoms with Gasteiger partial charge >= 0.3 is 6.18 Å². The number of halogens is 3. The first kappa shape index (κ1) is 17.9. The largest absolute Gasteiger partial charge is 0.391 e. The maximum atomic E-state index is 13.1. The van der Waals surface area contributed by atoms with Gasteiger partial charge in [0.05, 0.1) is 5.92 Å². The van der Waals surface area contributed by atoms with Crippen LogP contribution in [0.2, 0.25) is 0 Å². The smallest absolute Gasteiger partial charge is 0.300 e.